The minimum atomic E-state index is 0.0957. The SMILES string of the molecule is Cc1cc(NC(=O)C2CC3CC3C2)on1. The molecule has 1 amide bonds. The second kappa shape index (κ2) is 3.08. The van der Waals surface area contributed by atoms with Crippen molar-refractivity contribution in [1.82, 2.24) is 5.16 Å². The van der Waals surface area contributed by atoms with E-state index in [1.165, 1.54) is 6.42 Å². The second-order valence-electron chi connectivity index (χ2n) is 4.75. The monoisotopic (exact) mass is 206 g/mol. The summed E-state index contributed by atoms with van der Waals surface area (Å²) in [5.41, 5.74) is 0.791. The largest absolute Gasteiger partial charge is 0.338 e. The Labute approximate surface area is 88.0 Å². The Kier molecular flexibility index (Phi) is 1.84. The molecule has 2 aliphatic rings. The first-order chi connectivity index (χ1) is 7.22. The first kappa shape index (κ1) is 8.95. The van der Waals surface area contributed by atoms with Gasteiger partial charge in [-0.05, 0) is 38.0 Å². The Morgan fingerprint density at radius 3 is 2.80 bits per heavy atom. The number of hydrogen-bond acceptors (Lipinski definition) is 3. The zero-order chi connectivity index (χ0) is 10.4. The van der Waals surface area contributed by atoms with Crippen molar-refractivity contribution in [2.75, 3.05) is 5.32 Å². The zero-order valence-corrected chi connectivity index (χ0v) is 8.69. The number of carbonyl (C=O) groups excluding carboxylic acids is 1. The van der Waals surface area contributed by atoms with Crippen LogP contribution < -0.4 is 5.32 Å². The van der Waals surface area contributed by atoms with E-state index in [1.807, 2.05) is 6.92 Å². The molecule has 80 valence electrons. The third kappa shape index (κ3) is 1.64. The highest BCUT2D eigenvalue weighted by atomic mass is 16.5. The molecule has 0 aliphatic heterocycles. The maximum absolute atomic E-state index is 11.8. The molecule has 1 aromatic heterocycles. The fraction of sp³-hybridized carbons (Fsp3) is 0.636. The number of rotatable bonds is 2. The van der Waals surface area contributed by atoms with Gasteiger partial charge >= 0.3 is 0 Å². The quantitative estimate of drug-likeness (QED) is 0.804. The van der Waals surface area contributed by atoms with E-state index >= 15 is 0 Å². The van der Waals surface area contributed by atoms with E-state index in [1.54, 1.807) is 6.07 Å². The van der Waals surface area contributed by atoms with Crippen LogP contribution in [0.25, 0.3) is 0 Å². The molecule has 1 heterocycles. The minimum Gasteiger partial charge on any atom is -0.338 e. The van der Waals surface area contributed by atoms with Crippen LogP contribution in [0.15, 0.2) is 10.6 Å². The predicted molar refractivity (Wildman–Crippen MR) is 54.2 cm³/mol. The van der Waals surface area contributed by atoms with E-state index in [2.05, 4.69) is 10.5 Å². The van der Waals surface area contributed by atoms with E-state index in [0.29, 0.717) is 5.88 Å². The average Bonchev–Trinajstić information content (AvgIpc) is 2.61. The third-order valence-electron chi connectivity index (χ3n) is 3.49. The Morgan fingerprint density at radius 1 is 1.47 bits per heavy atom. The fourth-order valence-corrected chi connectivity index (χ4v) is 2.57. The number of nitrogens with one attached hydrogen (secondary N) is 1. The first-order valence-electron chi connectivity index (χ1n) is 5.46. The molecule has 15 heavy (non-hydrogen) atoms. The molecule has 2 aliphatic carbocycles. The van der Waals surface area contributed by atoms with Crippen LogP contribution in [-0.2, 0) is 4.79 Å². The molecule has 0 spiro atoms. The van der Waals surface area contributed by atoms with Gasteiger partial charge in [-0.3, -0.25) is 10.1 Å². The molecule has 0 radical (unpaired) electrons. The van der Waals surface area contributed by atoms with Crippen LogP contribution in [-0.4, -0.2) is 11.1 Å². The van der Waals surface area contributed by atoms with Gasteiger partial charge in [0.2, 0.25) is 11.8 Å². The smallest absolute Gasteiger partial charge is 0.231 e. The number of hydrogen-bond donors (Lipinski definition) is 1. The van der Waals surface area contributed by atoms with Crippen molar-refractivity contribution in [1.29, 1.82) is 0 Å². The van der Waals surface area contributed by atoms with Gasteiger partial charge in [-0.2, -0.15) is 0 Å². The van der Waals surface area contributed by atoms with E-state index in [9.17, 15) is 4.79 Å². The van der Waals surface area contributed by atoms with Crippen LogP contribution in [0.4, 0.5) is 5.88 Å². The molecule has 2 saturated carbocycles. The van der Waals surface area contributed by atoms with Crippen LogP contribution in [0.5, 0.6) is 0 Å². The maximum atomic E-state index is 11.8. The molecular formula is C11H14N2O2. The lowest BCUT2D eigenvalue weighted by Crippen LogP contribution is -2.21. The lowest BCUT2D eigenvalue weighted by atomic mass is 10.0. The average molecular weight is 206 g/mol. The summed E-state index contributed by atoms with van der Waals surface area (Å²) in [4.78, 5) is 11.8. The van der Waals surface area contributed by atoms with Crippen molar-refractivity contribution in [2.24, 2.45) is 17.8 Å². The van der Waals surface area contributed by atoms with Crippen molar-refractivity contribution >= 4 is 11.8 Å². The number of amides is 1. The number of carbonyl (C=O) groups is 1. The highest BCUT2D eigenvalue weighted by Gasteiger charge is 2.48. The van der Waals surface area contributed by atoms with Crippen LogP contribution in [0.1, 0.15) is 25.0 Å². The van der Waals surface area contributed by atoms with E-state index in [4.69, 9.17) is 4.52 Å². The maximum Gasteiger partial charge on any atom is 0.231 e. The van der Waals surface area contributed by atoms with Gasteiger partial charge in [0.15, 0.2) is 0 Å². The first-order valence-corrected chi connectivity index (χ1v) is 5.46. The molecule has 4 heteroatoms. The van der Waals surface area contributed by atoms with Gasteiger partial charge in [0, 0.05) is 12.0 Å². The summed E-state index contributed by atoms with van der Waals surface area (Å²) in [6.07, 6.45) is 3.46. The van der Waals surface area contributed by atoms with E-state index in [0.717, 1.165) is 30.4 Å². The molecule has 1 N–H and O–H groups in total. The van der Waals surface area contributed by atoms with Crippen LogP contribution >= 0.6 is 0 Å². The van der Waals surface area contributed by atoms with Gasteiger partial charge in [0.05, 0.1) is 5.69 Å². The lowest BCUT2D eigenvalue weighted by molar-refractivity contribution is -0.120. The van der Waals surface area contributed by atoms with E-state index < -0.39 is 0 Å². The normalized spacial score (nSPS) is 32.5. The molecular weight excluding hydrogens is 192 g/mol. The zero-order valence-electron chi connectivity index (χ0n) is 8.69. The second-order valence-corrected chi connectivity index (χ2v) is 4.75. The Morgan fingerprint density at radius 2 is 2.20 bits per heavy atom. The highest BCUT2D eigenvalue weighted by molar-refractivity contribution is 5.91. The van der Waals surface area contributed by atoms with Crippen molar-refractivity contribution in [2.45, 2.75) is 26.2 Å². The predicted octanol–water partition coefficient (Wildman–Crippen LogP) is 1.97. The summed E-state index contributed by atoms with van der Waals surface area (Å²) in [6, 6.07) is 1.74. The van der Waals surface area contributed by atoms with Gasteiger partial charge in [-0.1, -0.05) is 5.16 Å². The Bertz CT molecular complexity index is 389. The number of anilines is 1. The van der Waals surface area contributed by atoms with Crippen molar-refractivity contribution < 1.29 is 9.32 Å². The molecule has 4 nitrogen and oxygen atoms in total. The minimum absolute atomic E-state index is 0.0957. The Hall–Kier alpha value is -1.32. The van der Waals surface area contributed by atoms with E-state index in [-0.39, 0.29) is 11.8 Å². The van der Waals surface area contributed by atoms with Gasteiger partial charge in [-0.25, -0.2) is 0 Å². The standard InChI is InChI=1S/C11H14N2O2/c1-6-2-10(15-13-6)12-11(14)9-4-7-3-8(7)5-9/h2,7-9H,3-5H2,1H3,(H,12,14). The number of aromatic nitrogens is 1. The summed E-state index contributed by atoms with van der Waals surface area (Å²) in [7, 11) is 0. The topological polar surface area (TPSA) is 55.1 Å². The highest BCUT2D eigenvalue weighted by Crippen LogP contribution is 2.54. The summed E-state index contributed by atoms with van der Waals surface area (Å²) < 4.78 is 4.95. The van der Waals surface area contributed by atoms with Crippen LogP contribution in [0.2, 0.25) is 0 Å². The molecule has 2 fully saturated rings. The number of fused-ring (bicyclic) bond motifs is 1. The lowest BCUT2D eigenvalue weighted by Gasteiger charge is -2.09. The summed E-state index contributed by atoms with van der Waals surface area (Å²) in [6.45, 7) is 1.84. The number of aryl methyl sites for hydroxylation is 1. The van der Waals surface area contributed by atoms with Crippen LogP contribution in [0, 0.1) is 24.7 Å². The van der Waals surface area contributed by atoms with Crippen molar-refractivity contribution in [3.05, 3.63) is 11.8 Å². The third-order valence-corrected chi connectivity index (χ3v) is 3.49. The molecule has 3 rings (SSSR count). The van der Waals surface area contributed by atoms with Crippen molar-refractivity contribution in [3.8, 4) is 0 Å². The van der Waals surface area contributed by atoms with Crippen molar-refractivity contribution in [3.63, 3.8) is 0 Å². The summed E-state index contributed by atoms with van der Waals surface area (Å²) in [5, 5.41) is 6.51. The molecule has 1 aromatic rings. The summed E-state index contributed by atoms with van der Waals surface area (Å²) >= 11 is 0. The molecule has 0 bridgehead atoms. The van der Waals surface area contributed by atoms with Gasteiger partial charge in [-0.15, -0.1) is 0 Å². The molecule has 0 aromatic carbocycles. The van der Waals surface area contributed by atoms with Crippen LogP contribution in [0.3, 0.4) is 0 Å². The number of nitrogens with zero attached hydrogens (tertiary/aromatic N) is 1. The molecule has 2 unspecified atom stereocenters. The molecule has 2 atom stereocenters. The van der Waals surface area contributed by atoms with Gasteiger partial charge in [0.1, 0.15) is 0 Å². The fourth-order valence-electron chi connectivity index (χ4n) is 2.57. The Balaban J connectivity index is 1.61. The molecule has 0 saturated heterocycles. The van der Waals surface area contributed by atoms with Gasteiger partial charge in [0.25, 0.3) is 0 Å². The summed E-state index contributed by atoms with van der Waals surface area (Å²) in [5.74, 6) is 2.42. The van der Waals surface area contributed by atoms with Gasteiger partial charge < -0.3 is 4.52 Å².